The standard InChI is InChI=1S/C18H13N3OS3/c1-12-6-7-14-16(10-12)25-18(20-14)21(17(22)15-5-3-9-24-15)19-11-13-4-2-8-23-13/h2-11H,1H3/b19-11-. The molecule has 0 spiro atoms. The molecule has 4 nitrogen and oxygen atoms in total. The maximum Gasteiger partial charge on any atom is 0.290 e. The number of hydrogen-bond donors (Lipinski definition) is 0. The van der Waals surface area contributed by atoms with Gasteiger partial charge in [0.05, 0.1) is 21.3 Å². The van der Waals surface area contributed by atoms with Crippen LogP contribution in [0.3, 0.4) is 0 Å². The number of carbonyl (C=O) groups is 1. The molecule has 7 heteroatoms. The van der Waals surface area contributed by atoms with Crippen molar-refractivity contribution in [2.75, 3.05) is 5.01 Å². The fraction of sp³-hybridized carbons (Fsp3) is 0.0556. The summed E-state index contributed by atoms with van der Waals surface area (Å²) >= 11 is 4.45. The molecule has 0 radical (unpaired) electrons. The summed E-state index contributed by atoms with van der Waals surface area (Å²) in [6.07, 6.45) is 1.70. The van der Waals surface area contributed by atoms with Crippen LogP contribution in [0.4, 0.5) is 5.13 Å². The predicted octanol–water partition coefficient (Wildman–Crippen LogP) is 5.41. The van der Waals surface area contributed by atoms with Crippen molar-refractivity contribution < 1.29 is 4.79 Å². The van der Waals surface area contributed by atoms with Crippen molar-refractivity contribution in [2.24, 2.45) is 5.10 Å². The van der Waals surface area contributed by atoms with Crippen LogP contribution < -0.4 is 5.01 Å². The Labute approximate surface area is 156 Å². The number of thiazole rings is 1. The smallest absolute Gasteiger partial charge is 0.266 e. The fourth-order valence-electron chi connectivity index (χ4n) is 2.28. The number of rotatable bonds is 4. The van der Waals surface area contributed by atoms with Crippen molar-refractivity contribution >= 4 is 61.5 Å². The molecule has 0 aliphatic heterocycles. The van der Waals surface area contributed by atoms with Gasteiger partial charge in [0.2, 0.25) is 5.13 Å². The van der Waals surface area contributed by atoms with Crippen LogP contribution in [0.1, 0.15) is 20.1 Å². The zero-order chi connectivity index (χ0) is 17.2. The Morgan fingerprint density at radius 2 is 2.00 bits per heavy atom. The van der Waals surface area contributed by atoms with Gasteiger partial charge in [-0.25, -0.2) is 4.98 Å². The Bertz CT molecular complexity index is 1030. The number of hydrogen-bond acceptors (Lipinski definition) is 6. The first kappa shape index (κ1) is 16.1. The maximum absolute atomic E-state index is 12.9. The maximum atomic E-state index is 12.9. The van der Waals surface area contributed by atoms with Gasteiger partial charge in [0.15, 0.2) is 0 Å². The van der Waals surface area contributed by atoms with E-state index in [0.717, 1.165) is 15.1 Å². The molecule has 124 valence electrons. The summed E-state index contributed by atoms with van der Waals surface area (Å²) in [5.41, 5.74) is 2.04. The molecule has 0 saturated carbocycles. The molecule has 0 saturated heterocycles. The number of carbonyl (C=O) groups excluding carboxylic acids is 1. The molecule has 0 bridgehead atoms. The van der Waals surface area contributed by atoms with Crippen LogP contribution in [0.25, 0.3) is 10.2 Å². The molecule has 0 atom stereocenters. The zero-order valence-corrected chi connectivity index (χ0v) is 15.7. The molecule has 3 heterocycles. The molecular formula is C18H13N3OS3. The van der Waals surface area contributed by atoms with Crippen molar-refractivity contribution in [3.63, 3.8) is 0 Å². The molecule has 0 aliphatic rings. The third kappa shape index (κ3) is 3.39. The van der Waals surface area contributed by atoms with E-state index in [1.165, 1.54) is 33.2 Å². The van der Waals surface area contributed by atoms with E-state index in [2.05, 4.69) is 16.2 Å². The van der Waals surface area contributed by atoms with Gasteiger partial charge in [0, 0.05) is 4.88 Å². The molecule has 4 aromatic rings. The Kier molecular flexibility index (Phi) is 4.44. The second-order valence-corrected chi connectivity index (χ2v) is 8.26. The average Bonchev–Trinajstić information content (AvgIpc) is 3.36. The normalized spacial score (nSPS) is 11.4. The lowest BCUT2D eigenvalue weighted by molar-refractivity contribution is 0.0991. The molecule has 1 amide bonds. The quantitative estimate of drug-likeness (QED) is 0.349. The lowest BCUT2D eigenvalue weighted by atomic mass is 10.2. The molecule has 25 heavy (non-hydrogen) atoms. The highest BCUT2D eigenvalue weighted by atomic mass is 32.1. The Morgan fingerprint density at radius 3 is 2.76 bits per heavy atom. The van der Waals surface area contributed by atoms with Crippen molar-refractivity contribution in [3.8, 4) is 0 Å². The number of fused-ring (bicyclic) bond motifs is 1. The van der Waals surface area contributed by atoms with E-state index in [1.807, 2.05) is 48.0 Å². The Balaban J connectivity index is 1.76. The first-order valence-electron chi connectivity index (χ1n) is 7.53. The lowest BCUT2D eigenvalue weighted by Crippen LogP contribution is -2.24. The third-order valence-corrected chi connectivity index (χ3v) is 6.14. The largest absolute Gasteiger partial charge is 0.290 e. The van der Waals surface area contributed by atoms with Gasteiger partial charge in [0.25, 0.3) is 5.91 Å². The fourth-order valence-corrected chi connectivity index (χ4v) is 4.53. The van der Waals surface area contributed by atoms with E-state index in [9.17, 15) is 4.79 Å². The van der Waals surface area contributed by atoms with E-state index in [-0.39, 0.29) is 5.91 Å². The molecule has 0 aliphatic carbocycles. The molecule has 4 rings (SSSR count). The van der Waals surface area contributed by atoms with E-state index in [4.69, 9.17) is 0 Å². The van der Waals surface area contributed by atoms with Crippen LogP contribution in [0.15, 0.2) is 58.3 Å². The van der Waals surface area contributed by atoms with E-state index < -0.39 is 0 Å². The first-order chi connectivity index (χ1) is 12.2. The summed E-state index contributed by atoms with van der Waals surface area (Å²) in [5.74, 6) is -0.168. The highest BCUT2D eigenvalue weighted by Crippen LogP contribution is 2.31. The molecule has 0 fully saturated rings. The first-order valence-corrected chi connectivity index (χ1v) is 10.1. The van der Waals surface area contributed by atoms with Crippen molar-refractivity contribution in [1.82, 2.24) is 4.98 Å². The summed E-state index contributed by atoms with van der Waals surface area (Å²) in [6.45, 7) is 2.04. The SMILES string of the molecule is Cc1ccc2nc(N(/N=C\c3cccs3)C(=O)c3cccs3)sc2c1. The van der Waals surface area contributed by atoms with Crippen LogP contribution >= 0.6 is 34.0 Å². The van der Waals surface area contributed by atoms with Crippen molar-refractivity contribution in [1.29, 1.82) is 0 Å². The number of aryl methyl sites for hydroxylation is 1. The van der Waals surface area contributed by atoms with E-state index >= 15 is 0 Å². The summed E-state index contributed by atoms with van der Waals surface area (Å²) in [7, 11) is 0. The molecule has 0 N–H and O–H groups in total. The number of amides is 1. The van der Waals surface area contributed by atoms with Crippen LogP contribution in [-0.2, 0) is 0 Å². The average molecular weight is 384 g/mol. The topological polar surface area (TPSA) is 45.6 Å². The number of benzene rings is 1. The number of hydrazone groups is 1. The van der Waals surface area contributed by atoms with Crippen LogP contribution in [0.2, 0.25) is 0 Å². The number of anilines is 1. The summed E-state index contributed by atoms with van der Waals surface area (Å²) in [5, 5.41) is 10.3. The van der Waals surface area contributed by atoms with E-state index in [0.29, 0.717) is 10.0 Å². The molecular weight excluding hydrogens is 370 g/mol. The molecule has 0 unspecified atom stereocenters. The third-order valence-electron chi connectivity index (χ3n) is 3.48. The van der Waals surface area contributed by atoms with Gasteiger partial charge < -0.3 is 0 Å². The lowest BCUT2D eigenvalue weighted by Gasteiger charge is -2.12. The van der Waals surface area contributed by atoms with Gasteiger partial charge in [0.1, 0.15) is 0 Å². The highest BCUT2D eigenvalue weighted by Gasteiger charge is 2.21. The van der Waals surface area contributed by atoms with Gasteiger partial charge in [-0.3, -0.25) is 4.79 Å². The van der Waals surface area contributed by atoms with Crippen LogP contribution in [0, 0.1) is 6.92 Å². The second kappa shape index (κ2) is 6.87. The minimum absolute atomic E-state index is 0.168. The summed E-state index contributed by atoms with van der Waals surface area (Å²) < 4.78 is 1.05. The summed E-state index contributed by atoms with van der Waals surface area (Å²) in [6, 6.07) is 13.7. The highest BCUT2D eigenvalue weighted by molar-refractivity contribution is 7.22. The predicted molar refractivity (Wildman–Crippen MR) is 107 cm³/mol. The number of nitrogens with zero attached hydrogens (tertiary/aromatic N) is 3. The van der Waals surface area contributed by atoms with Gasteiger partial charge in [-0.05, 0) is 47.5 Å². The molecule has 1 aromatic carbocycles. The van der Waals surface area contributed by atoms with Crippen LogP contribution in [-0.4, -0.2) is 17.1 Å². The van der Waals surface area contributed by atoms with E-state index in [1.54, 1.807) is 23.6 Å². The van der Waals surface area contributed by atoms with Gasteiger partial charge >= 0.3 is 0 Å². The van der Waals surface area contributed by atoms with Gasteiger partial charge in [-0.2, -0.15) is 10.1 Å². The Hall–Kier alpha value is -2.35. The van der Waals surface area contributed by atoms with Gasteiger partial charge in [-0.15, -0.1) is 22.7 Å². The second-order valence-electron chi connectivity index (χ2n) is 5.32. The molecule has 3 aromatic heterocycles. The van der Waals surface area contributed by atoms with Gasteiger partial charge in [-0.1, -0.05) is 29.5 Å². The number of aromatic nitrogens is 1. The minimum Gasteiger partial charge on any atom is -0.266 e. The van der Waals surface area contributed by atoms with Crippen molar-refractivity contribution in [3.05, 3.63) is 68.5 Å². The van der Waals surface area contributed by atoms with Crippen molar-refractivity contribution in [2.45, 2.75) is 6.92 Å². The minimum atomic E-state index is -0.168. The van der Waals surface area contributed by atoms with Crippen LogP contribution in [0.5, 0.6) is 0 Å². The number of thiophene rings is 2. The summed E-state index contributed by atoms with van der Waals surface area (Å²) in [4.78, 5) is 19.1. The Morgan fingerprint density at radius 1 is 1.16 bits per heavy atom. The zero-order valence-electron chi connectivity index (χ0n) is 13.2. The monoisotopic (exact) mass is 383 g/mol.